The minimum Gasteiger partial charge on any atom is -0.515 e. The van der Waals surface area contributed by atoms with Gasteiger partial charge in [-0.2, -0.15) is 0 Å². The van der Waals surface area contributed by atoms with E-state index in [4.69, 9.17) is 5.11 Å². The lowest BCUT2D eigenvalue weighted by atomic mass is 10.1. The number of rotatable bonds is 0. The van der Waals surface area contributed by atoms with E-state index >= 15 is 0 Å². The maximum atomic E-state index is 11.0. The number of Topliss-reactive ketones (excluding diaryl/α,β-unsaturated/α-hetero) is 1. The summed E-state index contributed by atoms with van der Waals surface area (Å²) in [6, 6.07) is 0. The Bertz CT molecular complexity index is 159. The average molecular weight is 140 g/mol. The maximum absolute atomic E-state index is 11.0. The second kappa shape index (κ2) is 3.40. The van der Waals surface area contributed by atoms with Crippen LogP contribution in [0.25, 0.3) is 0 Å². The summed E-state index contributed by atoms with van der Waals surface area (Å²) in [6.07, 6.45) is 5.48. The smallest absolute Gasteiger partial charge is 0.161 e. The monoisotopic (exact) mass is 140 g/mol. The van der Waals surface area contributed by atoms with Crippen molar-refractivity contribution in [1.82, 2.24) is 0 Å². The minimum absolute atomic E-state index is 0.125. The molecule has 1 aliphatic rings. The van der Waals surface area contributed by atoms with Crippen LogP contribution < -0.4 is 0 Å². The van der Waals surface area contributed by atoms with E-state index < -0.39 is 0 Å². The van der Waals surface area contributed by atoms with Gasteiger partial charge in [-0.1, -0.05) is 6.42 Å². The fourth-order valence-electron chi connectivity index (χ4n) is 1.21. The first-order valence-corrected chi connectivity index (χ1v) is 3.71. The molecule has 1 N–H and O–H groups in total. The molecule has 1 rings (SSSR count). The van der Waals surface area contributed by atoms with Crippen molar-refractivity contribution in [3.8, 4) is 0 Å². The zero-order chi connectivity index (χ0) is 7.40. The Labute approximate surface area is 60.6 Å². The van der Waals surface area contributed by atoms with Crippen molar-refractivity contribution in [3.05, 3.63) is 11.8 Å². The van der Waals surface area contributed by atoms with Crippen LogP contribution in [0.3, 0.4) is 0 Å². The van der Waals surface area contributed by atoms with Crippen LogP contribution >= 0.6 is 0 Å². The molecular weight excluding hydrogens is 128 g/mol. The van der Waals surface area contributed by atoms with E-state index in [9.17, 15) is 4.79 Å². The van der Waals surface area contributed by atoms with Gasteiger partial charge in [0.2, 0.25) is 0 Å². The van der Waals surface area contributed by atoms with Crippen molar-refractivity contribution in [2.24, 2.45) is 0 Å². The number of allylic oxidation sites excluding steroid dienone is 1. The van der Waals surface area contributed by atoms with Crippen molar-refractivity contribution < 1.29 is 9.90 Å². The lowest BCUT2D eigenvalue weighted by molar-refractivity contribution is -0.115. The van der Waals surface area contributed by atoms with E-state index in [1.165, 1.54) is 0 Å². The van der Waals surface area contributed by atoms with Crippen LogP contribution in [0.15, 0.2) is 11.8 Å². The Morgan fingerprint density at radius 1 is 1.20 bits per heavy atom. The number of aliphatic hydroxyl groups excluding tert-OH is 1. The Kier molecular flexibility index (Phi) is 2.49. The summed E-state index contributed by atoms with van der Waals surface area (Å²) in [4.78, 5) is 11.0. The molecule has 0 spiro atoms. The highest BCUT2D eigenvalue weighted by Gasteiger charge is 2.12. The summed E-state index contributed by atoms with van der Waals surface area (Å²) in [6.45, 7) is 0. The zero-order valence-electron chi connectivity index (χ0n) is 5.97. The first-order chi connectivity index (χ1) is 4.84. The zero-order valence-corrected chi connectivity index (χ0v) is 5.97. The van der Waals surface area contributed by atoms with Gasteiger partial charge in [0.15, 0.2) is 5.78 Å². The largest absolute Gasteiger partial charge is 0.515 e. The molecule has 1 fully saturated rings. The summed E-state index contributed by atoms with van der Waals surface area (Å²) in [7, 11) is 0. The maximum Gasteiger partial charge on any atom is 0.161 e. The lowest BCUT2D eigenvalue weighted by Crippen LogP contribution is -1.98. The van der Waals surface area contributed by atoms with Gasteiger partial charge in [0.05, 0.1) is 6.26 Å². The van der Waals surface area contributed by atoms with Crippen LogP contribution in [-0.4, -0.2) is 10.9 Å². The van der Waals surface area contributed by atoms with E-state index in [0.29, 0.717) is 12.0 Å². The molecule has 0 aliphatic heterocycles. The molecule has 0 atom stereocenters. The average Bonchev–Trinajstić information content (AvgIpc) is 2.13. The molecule has 0 aromatic heterocycles. The SMILES string of the molecule is O=C1CCCCC/C1=C\O. The molecule has 56 valence electrons. The molecule has 0 aromatic carbocycles. The predicted octanol–water partition coefficient (Wildman–Crippen LogP) is 1.96. The summed E-state index contributed by atoms with van der Waals surface area (Å²) < 4.78 is 0. The van der Waals surface area contributed by atoms with Gasteiger partial charge in [0, 0.05) is 12.0 Å². The first-order valence-electron chi connectivity index (χ1n) is 3.71. The summed E-state index contributed by atoms with van der Waals surface area (Å²) in [5.41, 5.74) is 0.609. The van der Waals surface area contributed by atoms with Crippen LogP contribution in [0.2, 0.25) is 0 Å². The van der Waals surface area contributed by atoms with Gasteiger partial charge in [-0.25, -0.2) is 0 Å². The van der Waals surface area contributed by atoms with Gasteiger partial charge in [-0.3, -0.25) is 4.79 Å². The molecule has 0 heterocycles. The van der Waals surface area contributed by atoms with Crippen LogP contribution in [-0.2, 0) is 4.79 Å². The van der Waals surface area contributed by atoms with Gasteiger partial charge < -0.3 is 5.11 Å². The number of carbonyl (C=O) groups excluding carboxylic acids is 1. The summed E-state index contributed by atoms with van der Waals surface area (Å²) in [5.74, 6) is 0.125. The molecule has 2 heteroatoms. The van der Waals surface area contributed by atoms with E-state index in [-0.39, 0.29) is 5.78 Å². The molecule has 0 unspecified atom stereocenters. The highest BCUT2D eigenvalue weighted by atomic mass is 16.2. The van der Waals surface area contributed by atoms with Gasteiger partial charge >= 0.3 is 0 Å². The third-order valence-corrected chi connectivity index (χ3v) is 1.86. The topological polar surface area (TPSA) is 37.3 Å². The highest BCUT2D eigenvalue weighted by molar-refractivity contribution is 5.95. The standard InChI is InChI=1S/C8H12O2/c9-6-7-4-2-1-3-5-8(7)10/h6,9H,1-5H2/b7-6+. The fraction of sp³-hybridized carbons (Fsp3) is 0.625. The molecule has 0 amide bonds. The molecule has 1 saturated carbocycles. The Morgan fingerprint density at radius 2 is 1.90 bits per heavy atom. The second-order valence-corrected chi connectivity index (χ2v) is 2.64. The Morgan fingerprint density at radius 3 is 2.60 bits per heavy atom. The molecule has 10 heavy (non-hydrogen) atoms. The first kappa shape index (κ1) is 7.32. The predicted molar refractivity (Wildman–Crippen MR) is 38.8 cm³/mol. The van der Waals surface area contributed by atoms with Crippen LogP contribution in [0.1, 0.15) is 32.1 Å². The minimum atomic E-state index is 0.125. The number of carbonyl (C=O) groups is 1. The number of hydrogen-bond donors (Lipinski definition) is 1. The number of hydrogen-bond acceptors (Lipinski definition) is 2. The quantitative estimate of drug-likeness (QED) is 0.317. The normalized spacial score (nSPS) is 24.8. The fourth-order valence-corrected chi connectivity index (χ4v) is 1.21. The van der Waals surface area contributed by atoms with Gasteiger partial charge in [-0.05, 0) is 19.3 Å². The van der Waals surface area contributed by atoms with Crippen molar-refractivity contribution in [3.63, 3.8) is 0 Å². The van der Waals surface area contributed by atoms with E-state index in [2.05, 4.69) is 0 Å². The molecule has 0 radical (unpaired) electrons. The highest BCUT2D eigenvalue weighted by Crippen LogP contribution is 2.18. The van der Waals surface area contributed by atoms with Crippen LogP contribution in [0.4, 0.5) is 0 Å². The van der Waals surface area contributed by atoms with Gasteiger partial charge in [-0.15, -0.1) is 0 Å². The van der Waals surface area contributed by atoms with Gasteiger partial charge in [0.1, 0.15) is 0 Å². The molecule has 0 saturated heterocycles. The van der Waals surface area contributed by atoms with Crippen LogP contribution in [0, 0.1) is 0 Å². The number of aliphatic hydroxyl groups is 1. The Hall–Kier alpha value is -0.790. The molecule has 2 nitrogen and oxygen atoms in total. The van der Waals surface area contributed by atoms with Crippen molar-refractivity contribution >= 4 is 5.78 Å². The lowest BCUT2D eigenvalue weighted by Gasteiger charge is -1.95. The van der Waals surface area contributed by atoms with Gasteiger partial charge in [0.25, 0.3) is 0 Å². The number of ketones is 1. The third-order valence-electron chi connectivity index (χ3n) is 1.86. The van der Waals surface area contributed by atoms with Crippen molar-refractivity contribution in [2.45, 2.75) is 32.1 Å². The Balaban J connectivity index is 2.61. The van der Waals surface area contributed by atoms with E-state index in [1.54, 1.807) is 0 Å². The van der Waals surface area contributed by atoms with Crippen molar-refractivity contribution in [1.29, 1.82) is 0 Å². The van der Waals surface area contributed by atoms with Crippen LogP contribution in [0.5, 0.6) is 0 Å². The van der Waals surface area contributed by atoms with E-state index in [1.807, 2.05) is 0 Å². The van der Waals surface area contributed by atoms with E-state index in [0.717, 1.165) is 31.9 Å². The molecular formula is C8H12O2. The third kappa shape index (κ3) is 1.59. The molecule has 1 aliphatic carbocycles. The summed E-state index contributed by atoms with van der Waals surface area (Å²) in [5, 5.41) is 8.60. The molecule has 0 aromatic rings. The second-order valence-electron chi connectivity index (χ2n) is 2.64. The van der Waals surface area contributed by atoms with Crippen molar-refractivity contribution in [2.75, 3.05) is 0 Å². The summed E-state index contributed by atoms with van der Waals surface area (Å²) >= 11 is 0. The molecule has 0 bridgehead atoms.